The van der Waals surface area contributed by atoms with E-state index >= 15 is 0 Å². The van der Waals surface area contributed by atoms with E-state index in [0.717, 1.165) is 17.0 Å². The number of nitrogens with zero attached hydrogens (tertiary/aromatic N) is 4. The van der Waals surface area contributed by atoms with E-state index in [4.69, 9.17) is 11.6 Å². The standard InChI is InChI=1S/C20H17ClN4O/c1-24-19(26)17-18(23-20(24)21)25(13-15-10-6-3-7-11-15)16(22-17)12-14-8-4-2-5-9-14/h2-11H,12-13H2,1H3. The quantitative estimate of drug-likeness (QED) is 0.521. The highest BCUT2D eigenvalue weighted by atomic mass is 35.5. The van der Waals surface area contributed by atoms with Gasteiger partial charge in [-0.2, -0.15) is 4.98 Å². The van der Waals surface area contributed by atoms with Gasteiger partial charge in [-0.25, -0.2) is 4.98 Å². The third-order valence-corrected chi connectivity index (χ3v) is 4.73. The zero-order valence-corrected chi connectivity index (χ0v) is 15.0. The van der Waals surface area contributed by atoms with Crippen molar-refractivity contribution in [3.8, 4) is 0 Å². The molecule has 0 saturated heterocycles. The number of imidazole rings is 1. The third kappa shape index (κ3) is 3.02. The molecule has 0 fully saturated rings. The van der Waals surface area contributed by atoms with Gasteiger partial charge in [-0.15, -0.1) is 0 Å². The van der Waals surface area contributed by atoms with E-state index in [1.807, 2.05) is 65.2 Å². The minimum atomic E-state index is -0.235. The second-order valence-electron chi connectivity index (χ2n) is 6.18. The van der Waals surface area contributed by atoms with E-state index in [2.05, 4.69) is 9.97 Å². The van der Waals surface area contributed by atoms with E-state index in [1.165, 1.54) is 4.57 Å². The Labute approximate surface area is 155 Å². The van der Waals surface area contributed by atoms with E-state index in [0.29, 0.717) is 24.1 Å². The first-order chi connectivity index (χ1) is 12.6. The number of hydrogen-bond donors (Lipinski definition) is 0. The predicted molar refractivity (Wildman–Crippen MR) is 103 cm³/mol. The Morgan fingerprint density at radius 3 is 2.19 bits per heavy atom. The molecule has 2 aromatic carbocycles. The maximum absolute atomic E-state index is 12.6. The molecule has 0 saturated carbocycles. The number of hydrogen-bond acceptors (Lipinski definition) is 3. The Morgan fingerprint density at radius 1 is 0.923 bits per heavy atom. The van der Waals surface area contributed by atoms with Crippen molar-refractivity contribution < 1.29 is 0 Å². The largest absolute Gasteiger partial charge is 0.308 e. The van der Waals surface area contributed by atoms with Gasteiger partial charge in [-0.05, 0) is 22.7 Å². The Bertz CT molecular complexity index is 1120. The topological polar surface area (TPSA) is 52.7 Å². The van der Waals surface area contributed by atoms with Crippen molar-refractivity contribution in [2.75, 3.05) is 0 Å². The minimum absolute atomic E-state index is 0.156. The van der Waals surface area contributed by atoms with E-state index in [1.54, 1.807) is 7.05 Å². The zero-order valence-electron chi connectivity index (χ0n) is 14.3. The number of aromatic nitrogens is 4. The fraction of sp³-hybridized carbons (Fsp3) is 0.150. The Balaban J connectivity index is 1.90. The molecule has 4 rings (SSSR count). The maximum Gasteiger partial charge on any atom is 0.282 e. The molecule has 26 heavy (non-hydrogen) atoms. The van der Waals surface area contributed by atoms with Crippen molar-refractivity contribution in [1.82, 2.24) is 19.1 Å². The molecule has 0 aliphatic carbocycles. The number of rotatable bonds is 4. The first-order valence-electron chi connectivity index (χ1n) is 8.33. The van der Waals surface area contributed by atoms with Crippen LogP contribution in [0.5, 0.6) is 0 Å². The van der Waals surface area contributed by atoms with Crippen molar-refractivity contribution in [3.05, 3.63) is 93.3 Å². The summed E-state index contributed by atoms with van der Waals surface area (Å²) in [6, 6.07) is 20.1. The summed E-state index contributed by atoms with van der Waals surface area (Å²) >= 11 is 6.15. The molecule has 130 valence electrons. The van der Waals surface area contributed by atoms with Crippen molar-refractivity contribution in [1.29, 1.82) is 0 Å². The van der Waals surface area contributed by atoms with Gasteiger partial charge in [0.1, 0.15) is 5.82 Å². The molecule has 5 nitrogen and oxygen atoms in total. The van der Waals surface area contributed by atoms with Gasteiger partial charge >= 0.3 is 0 Å². The van der Waals surface area contributed by atoms with Gasteiger partial charge in [0.2, 0.25) is 5.28 Å². The second kappa shape index (κ2) is 6.77. The Kier molecular flexibility index (Phi) is 4.31. The highest BCUT2D eigenvalue weighted by Gasteiger charge is 2.18. The van der Waals surface area contributed by atoms with Crippen LogP contribution in [0.2, 0.25) is 5.28 Å². The van der Waals surface area contributed by atoms with Crippen LogP contribution in [0.25, 0.3) is 11.2 Å². The van der Waals surface area contributed by atoms with Crippen LogP contribution in [-0.2, 0) is 20.0 Å². The lowest BCUT2D eigenvalue weighted by atomic mass is 10.1. The molecule has 0 radical (unpaired) electrons. The van der Waals surface area contributed by atoms with E-state index < -0.39 is 0 Å². The summed E-state index contributed by atoms with van der Waals surface area (Å²) in [6.07, 6.45) is 0.616. The molecule has 0 unspecified atom stereocenters. The molecule has 6 heteroatoms. The molecule has 0 spiro atoms. The van der Waals surface area contributed by atoms with Gasteiger partial charge in [0.05, 0.1) is 6.54 Å². The second-order valence-corrected chi connectivity index (χ2v) is 6.52. The summed E-state index contributed by atoms with van der Waals surface area (Å²) < 4.78 is 3.29. The molecule has 0 aliphatic rings. The number of halogens is 1. The van der Waals surface area contributed by atoms with Crippen LogP contribution in [0, 0.1) is 0 Å². The van der Waals surface area contributed by atoms with Crippen LogP contribution in [-0.4, -0.2) is 19.1 Å². The van der Waals surface area contributed by atoms with Crippen molar-refractivity contribution in [2.45, 2.75) is 13.0 Å². The van der Waals surface area contributed by atoms with E-state index in [-0.39, 0.29) is 10.8 Å². The molecule has 2 aromatic heterocycles. The fourth-order valence-corrected chi connectivity index (χ4v) is 3.15. The zero-order chi connectivity index (χ0) is 18.1. The molecule has 4 aromatic rings. The highest BCUT2D eigenvalue weighted by Crippen LogP contribution is 2.18. The van der Waals surface area contributed by atoms with Gasteiger partial charge in [-0.3, -0.25) is 9.36 Å². The average Bonchev–Trinajstić information content (AvgIpc) is 2.99. The molecule has 0 aliphatic heterocycles. The third-order valence-electron chi connectivity index (χ3n) is 4.39. The minimum Gasteiger partial charge on any atom is -0.308 e. The lowest BCUT2D eigenvalue weighted by molar-refractivity contribution is 0.751. The van der Waals surface area contributed by atoms with Gasteiger partial charge in [-0.1, -0.05) is 60.7 Å². The Hall–Kier alpha value is -2.92. The van der Waals surface area contributed by atoms with Crippen molar-refractivity contribution in [3.63, 3.8) is 0 Å². The fourth-order valence-electron chi connectivity index (χ4n) is 3.00. The molecular formula is C20H17ClN4O. The lowest BCUT2D eigenvalue weighted by Gasteiger charge is -2.09. The molecular weight excluding hydrogens is 348 g/mol. The first kappa shape index (κ1) is 16.5. The predicted octanol–water partition coefficient (Wildman–Crippen LogP) is 3.42. The van der Waals surface area contributed by atoms with E-state index in [9.17, 15) is 4.79 Å². The lowest BCUT2D eigenvalue weighted by Crippen LogP contribution is -2.19. The molecule has 0 atom stereocenters. The van der Waals surface area contributed by atoms with Gasteiger partial charge in [0.15, 0.2) is 11.2 Å². The summed E-state index contributed by atoms with van der Waals surface area (Å²) in [5, 5.41) is 0.156. The first-order valence-corrected chi connectivity index (χ1v) is 8.71. The molecule has 0 bridgehead atoms. The van der Waals surface area contributed by atoms with Crippen LogP contribution >= 0.6 is 11.6 Å². The summed E-state index contributed by atoms with van der Waals surface area (Å²) in [7, 11) is 1.60. The number of benzene rings is 2. The van der Waals surface area contributed by atoms with Crippen molar-refractivity contribution in [2.24, 2.45) is 7.05 Å². The Morgan fingerprint density at radius 2 is 1.54 bits per heavy atom. The molecule has 0 amide bonds. The summed E-state index contributed by atoms with van der Waals surface area (Å²) in [4.78, 5) is 21.6. The number of fused-ring (bicyclic) bond motifs is 1. The smallest absolute Gasteiger partial charge is 0.282 e. The molecule has 2 heterocycles. The highest BCUT2D eigenvalue weighted by molar-refractivity contribution is 6.28. The van der Waals surface area contributed by atoms with Crippen LogP contribution in [0.15, 0.2) is 65.5 Å². The van der Waals surface area contributed by atoms with Crippen LogP contribution in [0.3, 0.4) is 0 Å². The van der Waals surface area contributed by atoms with Crippen LogP contribution in [0.1, 0.15) is 17.0 Å². The van der Waals surface area contributed by atoms with Gasteiger partial charge in [0, 0.05) is 13.5 Å². The van der Waals surface area contributed by atoms with Crippen LogP contribution in [0.4, 0.5) is 0 Å². The maximum atomic E-state index is 12.6. The average molecular weight is 365 g/mol. The van der Waals surface area contributed by atoms with Gasteiger partial charge in [0.25, 0.3) is 5.56 Å². The normalized spacial score (nSPS) is 11.2. The van der Waals surface area contributed by atoms with Crippen LogP contribution < -0.4 is 5.56 Å². The van der Waals surface area contributed by atoms with Crippen molar-refractivity contribution >= 4 is 22.8 Å². The monoisotopic (exact) mass is 364 g/mol. The summed E-state index contributed by atoms with van der Waals surface area (Å²) in [5.41, 5.74) is 2.87. The summed E-state index contributed by atoms with van der Waals surface area (Å²) in [6.45, 7) is 0.579. The molecule has 0 N–H and O–H groups in total. The summed E-state index contributed by atoms with van der Waals surface area (Å²) in [5.74, 6) is 0.793. The SMILES string of the molecule is Cn1c(Cl)nc2c(nc(Cc3ccccc3)n2Cc2ccccc2)c1=O. The van der Waals surface area contributed by atoms with Gasteiger partial charge < -0.3 is 4.57 Å².